The first-order valence-electron chi connectivity index (χ1n) is 6.91. The van der Waals surface area contributed by atoms with E-state index in [0.29, 0.717) is 16.8 Å². The number of nitrogens with one attached hydrogen (secondary N) is 1. The second kappa shape index (κ2) is 5.76. The van der Waals surface area contributed by atoms with Gasteiger partial charge in [0, 0.05) is 11.8 Å². The quantitative estimate of drug-likeness (QED) is 0.729. The van der Waals surface area contributed by atoms with Gasteiger partial charge < -0.3 is 4.98 Å². The van der Waals surface area contributed by atoms with Crippen molar-refractivity contribution in [1.82, 2.24) is 4.98 Å². The largest absolute Gasteiger partial charge is 0.416 e. The van der Waals surface area contributed by atoms with Crippen LogP contribution in [0.25, 0.3) is 22.4 Å². The molecule has 2 aromatic carbocycles. The van der Waals surface area contributed by atoms with Crippen molar-refractivity contribution in [1.29, 1.82) is 0 Å². The Hall–Kier alpha value is -2.82. The Labute approximate surface area is 130 Å². The third-order valence-corrected chi connectivity index (χ3v) is 3.47. The Balaban J connectivity index is 2.04. The van der Waals surface area contributed by atoms with E-state index in [1.807, 2.05) is 30.3 Å². The lowest BCUT2D eigenvalue weighted by Crippen LogP contribution is -2.07. The van der Waals surface area contributed by atoms with Crippen molar-refractivity contribution >= 4 is 0 Å². The monoisotopic (exact) mass is 315 g/mol. The number of halogens is 3. The molecule has 0 spiro atoms. The van der Waals surface area contributed by atoms with Crippen LogP contribution in [0, 0.1) is 0 Å². The van der Waals surface area contributed by atoms with Gasteiger partial charge in [-0.15, -0.1) is 0 Å². The molecular weight excluding hydrogens is 303 g/mol. The topological polar surface area (TPSA) is 32.9 Å². The predicted octanol–water partition coefficient (Wildman–Crippen LogP) is 4.73. The second-order valence-corrected chi connectivity index (χ2v) is 5.09. The third-order valence-electron chi connectivity index (χ3n) is 3.47. The molecule has 0 unspecified atom stereocenters. The number of alkyl halides is 3. The highest BCUT2D eigenvalue weighted by molar-refractivity contribution is 5.70. The lowest BCUT2D eigenvalue weighted by Gasteiger charge is -2.09. The first-order valence-corrected chi connectivity index (χ1v) is 6.91. The van der Waals surface area contributed by atoms with Crippen LogP contribution in [0.1, 0.15) is 5.56 Å². The van der Waals surface area contributed by atoms with Gasteiger partial charge in [-0.1, -0.05) is 42.5 Å². The van der Waals surface area contributed by atoms with Crippen molar-refractivity contribution in [3.8, 4) is 22.4 Å². The number of benzene rings is 2. The molecular formula is C18H12F3NO. The summed E-state index contributed by atoms with van der Waals surface area (Å²) in [6.07, 6.45) is -4.38. The zero-order valence-corrected chi connectivity index (χ0v) is 11.9. The number of rotatable bonds is 2. The fourth-order valence-corrected chi connectivity index (χ4v) is 2.33. The minimum Gasteiger partial charge on any atom is -0.322 e. The Kier molecular flexibility index (Phi) is 3.78. The van der Waals surface area contributed by atoms with Crippen LogP contribution in [0.15, 0.2) is 71.5 Å². The fraction of sp³-hybridized carbons (Fsp3) is 0.0556. The molecule has 0 radical (unpaired) electrons. The summed E-state index contributed by atoms with van der Waals surface area (Å²) >= 11 is 0. The van der Waals surface area contributed by atoms with E-state index in [0.717, 1.165) is 17.7 Å². The standard InChI is InChI=1S/C18H12F3NO/c19-18(20,21)15-8-6-13(7-9-15)16-10-14(11-17(23)22-16)12-4-2-1-3-5-12/h1-11H,(H,22,23). The van der Waals surface area contributed by atoms with Crippen molar-refractivity contribution in [2.45, 2.75) is 6.18 Å². The zero-order valence-electron chi connectivity index (χ0n) is 11.9. The molecule has 0 fully saturated rings. The van der Waals surface area contributed by atoms with Crippen LogP contribution >= 0.6 is 0 Å². The molecule has 5 heteroatoms. The Bertz CT molecular complexity index is 865. The molecule has 0 aliphatic carbocycles. The second-order valence-electron chi connectivity index (χ2n) is 5.09. The molecule has 0 aliphatic rings. The summed E-state index contributed by atoms with van der Waals surface area (Å²) in [6.45, 7) is 0. The summed E-state index contributed by atoms with van der Waals surface area (Å²) < 4.78 is 37.8. The van der Waals surface area contributed by atoms with Crippen LogP contribution in [0.2, 0.25) is 0 Å². The van der Waals surface area contributed by atoms with Crippen molar-refractivity contribution in [2.75, 3.05) is 0 Å². The Morgan fingerprint density at radius 1 is 0.739 bits per heavy atom. The van der Waals surface area contributed by atoms with Gasteiger partial charge in [0.05, 0.1) is 5.56 Å². The van der Waals surface area contributed by atoms with Crippen molar-refractivity contribution < 1.29 is 13.2 Å². The number of pyridine rings is 1. The van der Waals surface area contributed by atoms with E-state index >= 15 is 0 Å². The van der Waals surface area contributed by atoms with Gasteiger partial charge in [0.15, 0.2) is 0 Å². The SMILES string of the molecule is O=c1cc(-c2ccccc2)cc(-c2ccc(C(F)(F)F)cc2)[nH]1. The summed E-state index contributed by atoms with van der Waals surface area (Å²) in [5.74, 6) is 0. The Morgan fingerprint density at radius 2 is 1.39 bits per heavy atom. The molecule has 1 N–H and O–H groups in total. The molecule has 2 nitrogen and oxygen atoms in total. The highest BCUT2D eigenvalue weighted by Crippen LogP contribution is 2.31. The van der Waals surface area contributed by atoms with E-state index in [4.69, 9.17) is 0 Å². The minimum atomic E-state index is -4.38. The molecule has 0 atom stereocenters. The predicted molar refractivity (Wildman–Crippen MR) is 82.9 cm³/mol. The summed E-state index contributed by atoms with van der Waals surface area (Å²) in [7, 11) is 0. The smallest absolute Gasteiger partial charge is 0.322 e. The first-order chi connectivity index (χ1) is 10.9. The van der Waals surface area contributed by atoms with Gasteiger partial charge in [-0.3, -0.25) is 4.79 Å². The summed E-state index contributed by atoms with van der Waals surface area (Å²) in [4.78, 5) is 14.5. The van der Waals surface area contributed by atoms with Gasteiger partial charge in [-0.2, -0.15) is 13.2 Å². The lowest BCUT2D eigenvalue weighted by molar-refractivity contribution is -0.137. The maximum Gasteiger partial charge on any atom is 0.416 e. The number of hydrogen-bond acceptors (Lipinski definition) is 1. The van der Waals surface area contributed by atoms with Crippen molar-refractivity contribution in [3.63, 3.8) is 0 Å². The molecule has 0 saturated heterocycles. The summed E-state index contributed by atoms with van der Waals surface area (Å²) in [5.41, 5.74) is 1.55. The Morgan fingerprint density at radius 3 is 2.00 bits per heavy atom. The fourth-order valence-electron chi connectivity index (χ4n) is 2.33. The molecule has 3 aromatic rings. The molecule has 0 bridgehead atoms. The first kappa shape index (κ1) is 15.1. The van der Waals surface area contributed by atoms with Crippen LogP contribution in [0.4, 0.5) is 13.2 Å². The van der Waals surface area contributed by atoms with Crippen LogP contribution in [0.3, 0.4) is 0 Å². The van der Waals surface area contributed by atoms with Gasteiger partial charge >= 0.3 is 6.18 Å². The van der Waals surface area contributed by atoms with Crippen LogP contribution in [0.5, 0.6) is 0 Å². The molecule has 0 aliphatic heterocycles. The summed E-state index contributed by atoms with van der Waals surface area (Å²) in [5, 5.41) is 0. The summed E-state index contributed by atoms with van der Waals surface area (Å²) in [6, 6.07) is 17.2. The number of aromatic amines is 1. The molecule has 0 amide bonds. The van der Waals surface area contributed by atoms with Crippen LogP contribution in [-0.4, -0.2) is 4.98 Å². The van der Waals surface area contributed by atoms with Crippen LogP contribution < -0.4 is 5.56 Å². The molecule has 3 rings (SSSR count). The van der Waals surface area contributed by atoms with Gasteiger partial charge in [-0.25, -0.2) is 0 Å². The maximum atomic E-state index is 12.6. The average molecular weight is 315 g/mol. The van der Waals surface area contributed by atoms with E-state index < -0.39 is 11.7 Å². The molecule has 0 saturated carbocycles. The van der Waals surface area contributed by atoms with Gasteiger partial charge in [0.1, 0.15) is 0 Å². The maximum absolute atomic E-state index is 12.6. The van der Waals surface area contributed by atoms with E-state index in [2.05, 4.69) is 4.98 Å². The highest BCUT2D eigenvalue weighted by atomic mass is 19.4. The molecule has 23 heavy (non-hydrogen) atoms. The van der Waals surface area contributed by atoms with E-state index in [9.17, 15) is 18.0 Å². The van der Waals surface area contributed by atoms with Gasteiger partial charge in [0.2, 0.25) is 5.56 Å². The van der Waals surface area contributed by atoms with E-state index in [-0.39, 0.29) is 5.56 Å². The number of hydrogen-bond donors (Lipinski definition) is 1. The van der Waals surface area contributed by atoms with Crippen molar-refractivity contribution in [2.24, 2.45) is 0 Å². The van der Waals surface area contributed by atoms with Gasteiger partial charge in [0.25, 0.3) is 0 Å². The van der Waals surface area contributed by atoms with E-state index in [1.165, 1.54) is 18.2 Å². The number of H-pyrrole nitrogens is 1. The van der Waals surface area contributed by atoms with Gasteiger partial charge in [-0.05, 0) is 34.9 Å². The lowest BCUT2D eigenvalue weighted by atomic mass is 10.0. The minimum absolute atomic E-state index is 0.304. The van der Waals surface area contributed by atoms with Crippen LogP contribution in [-0.2, 0) is 6.18 Å². The van der Waals surface area contributed by atoms with Crippen molar-refractivity contribution in [3.05, 3.63) is 82.6 Å². The zero-order chi connectivity index (χ0) is 16.4. The molecule has 1 heterocycles. The number of aromatic nitrogens is 1. The average Bonchev–Trinajstić information content (AvgIpc) is 2.54. The molecule has 1 aromatic heterocycles. The van der Waals surface area contributed by atoms with E-state index in [1.54, 1.807) is 6.07 Å². The third kappa shape index (κ3) is 3.34. The normalized spacial score (nSPS) is 11.4. The highest BCUT2D eigenvalue weighted by Gasteiger charge is 2.29. The molecule has 116 valence electrons.